The highest BCUT2D eigenvalue weighted by atomic mass is 15.2. The highest BCUT2D eigenvalue weighted by molar-refractivity contribution is 6.13. The first-order chi connectivity index (χ1) is 20.6. The fourth-order valence-corrected chi connectivity index (χ4v) is 7.16. The van der Waals surface area contributed by atoms with Crippen LogP contribution in [0.5, 0.6) is 0 Å². The highest BCUT2D eigenvalue weighted by Gasteiger charge is 2.37. The molecular formula is C39H27N3. The summed E-state index contributed by atoms with van der Waals surface area (Å²) in [6.45, 7) is 4.71. The van der Waals surface area contributed by atoms with Gasteiger partial charge in [0.15, 0.2) is 0 Å². The third kappa shape index (κ3) is 3.11. The molecule has 9 rings (SSSR count). The van der Waals surface area contributed by atoms with Crippen LogP contribution in [0, 0.1) is 0 Å². The van der Waals surface area contributed by atoms with Crippen molar-refractivity contribution in [1.82, 2.24) is 14.5 Å². The van der Waals surface area contributed by atoms with Crippen molar-refractivity contribution in [2.75, 3.05) is 0 Å². The van der Waals surface area contributed by atoms with Crippen LogP contribution in [0.1, 0.15) is 25.0 Å². The van der Waals surface area contributed by atoms with Crippen molar-refractivity contribution in [2.24, 2.45) is 0 Å². The van der Waals surface area contributed by atoms with Crippen LogP contribution < -0.4 is 0 Å². The molecule has 0 saturated heterocycles. The second-order valence-corrected chi connectivity index (χ2v) is 11.9. The monoisotopic (exact) mass is 537 g/mol. The van der Waals surface area contributed by atoms with Gasteiger partial charge in [-0.15, -0.1) is 0 Å². The van der Waals surface area contributed by atoms with E-state index in [2.05, 4.69) is 140 Å². The van der Waals surface area contributed by atoms with Gasteiger partial charge >= 0.3 is 0 Å². The fourth-order valence-electron chi connectivity index (χ4n) is 7.16. The molecule has 0 atom stereocenters. The quantitative estimate of drug-likeness (QED) is 0.220. The fraction of sp³-hybridized carbons (Fsp3) is 0.0769. The van der Waals surface area contributed by atoms with Crippen molar-refractivity contribution < 1.29 is 0 Å². The van der Waals surface area contributed by atoms with Gasteiger partial charge in [-0.25, -0.2) is 9.97 Å². The van der Waals surface area contributed by atoms with Crippen LogP contribution in [0.4, 0.5) is 0 Å². The molecule has 3 heteroatoms. The Kier molecular flexibility index (Phi) is 4.67. The topological polar surface area (TPSA) is 30.7 Å². The van der Waals surface area contributed by atoms with E-state index >= 15 is 0 Å². The van der Waals surface area contributed by atoms with Crippen molar-refractivity contribution in [3.8, 4) is 28.3 Å². The molecule has 0 amide bonds. The Morgan fingerprint density at radius 3 is 2.12 bits per heavy atom. The lowest BCUT2D eigenvalue weighted by Crippen LogP contribution is -2.14. The predicted octanol–water partition coefficient (Wildman–Crippen LogP) is 9.85. The Labute approximate surface area is 243 Å². The molecule has 0 fully saturated rings. The summed E-state index contributed by atoms with van der Waals surface area (Å²) in [6.07, 6.45) is 0. The molecule has 0 N–H and O–H groups in total. The molecule has 3 nitrogen and oxygen atoms in total. The Bertz CT molecular complexity index is 2380. The van der Waals surface area contributed by atoms with Crippen LogP contribution in [0.3, 0.4) is 0 Å². The van der Waals surface area contributed by atoms with Crippen LogP contribution in [0.2, 0.25) is 0 Å². The molecule has 2 heterocycles. The maximum absolute atomic E-state index is 5.28. The zero-order valence-corrected chi connectivity index (χ0v) is 23.5. The van der Waals surface area contributed by atoms with E-state index in [0.29, 0.717) is 5.95 Å². The summed E-state index contributed by atoms with van der Waals surface area (Å²) in [5, 5.41) is 6.07. The maximum Gasteiger partial charge on any atom is 0.235 e. The third-order valence-corrected chi connectivity index (χ3v) is 9.20. The molecule has 2 aromatic heterocycles. The van der Waals surface area contributed by atoms with Gasteiger partial charge in [-0.1, -0.05) is 117 Å². The van der Waals surface area contributed by atoms with Gasteiger partial charge in [-0.3, -0.25) is 4.57 Å². The molecule has 8 aromatic rings. The van der Waals surface area contributed by atoms with E-state index in [0.717, 1.165) is 33.2 Å². The van der Waals surface area contributed by atoms with Gasteiger partial charge in [0, 0.05) is 27.1 Å². The molecule has 1 aliphatic carbocycles. The molecule has 0 aliphatic heterocycles. The predicted molar refractivity (Wildman–Crippen MR) is 174 cm³/mol. The first-order valence-electron chi connectivity index (χ1n) is 14.5. The van der Waals surface area contributed by atoms with Gasteiger partial charge in [0.25, 0.3) is 0 Å². The van der Waals surface area contributed by atoms with Crippen molar-refractivity contribution in [1.29, 1.82) is 0 Å². The van der Waals surface area contributed by atoms with E-state index < -0.39 is 0 Å². The second kappa shape index (κ2) is 8.37. The Morgan fingerprint density at radius 1 is 0.548 bits per heavy atom. The number of hydrogen-bond donors (Lipinski definition) is 0. The van der Waals surface area contributed by atoms with Gasteiger partial charge in [-0.05, 0) is 57.3 Å². The molecule has 0 unspecified atom stereocenters. The van der Waals surface area contributed by atoms with Crippen LogP contribution in [0.15, 0.2) is 127 Å². The number of fused-ring (bicyclic) bond motifs is 9. The number of nitrogens with zero attached hydrogens (tertiary/aromatic N) is 3. The molecule has 0 radical (unpaired) electrons. The third-order valence-electron chi connectivity index (χ3n) is 9.20. The number of rotatable bonds is 2. The second-order valence-electron chi connectivity index (χ2n) is 11.9. The minimum atomic E-state index is -0.105. The molecule has 6 aromatic carbocycles. The lowest BCUT2D eigenvalue weighted by Gasteiger charge is -2.21. The van der Waals surface area contributed by atoms with Crippen LogP contribution in [0.25, 0.3) is 71.8 Å². The standard InChI is InChI=1S/C39H27N3/c1-39(2)31-21-20-24-12-6-7-15-26(24)36(31)30-23-35-29(22-32(30)39)27-16-9-11-19-34(27)42(35)38-40-33-18-10-8-17-28(33)37(41-38)25-13-4-3-5-14-25/h3-23H,1-2H3. The summed E-state index contributed by atoms with van der Waals surface area (Å²) < 4.78 is 2.26. The Morgan fingerprint density at radius 2 is 1.26 bits per heavy atom. The molecule has 0 bridgehead atoms. The summed E-state index contributed by atoms with van der Waals surface area (Å²) in [4.78, 5) is 10.5. The molecule has 0 spiro atoms. The molecule has 42 heavy (non-hydrogen) atoms. The van der Waals surface area contributed by atoms with Crippen LogP contribution in [-0.4, -0.2) is 14.5 Å². The highest BCUT2D eigenvalue weighted by Crippen LogP contribution is 2.53. The van der Waals surface area contributed by atoms with E-state index in [1.165, 1.54) is 43.8 Å². The van der Waals surface area contributed by atoms with Gasteiger partial charge < -0.3 is 0 Å². The van der Waals surface area contributed by atoms with Gasteiger partial charge in [0.1, 0.15) is 0 Å². The number of aromatic nitrogens is 3. The zero-order valence-electron chi connectivity index (χ0n) is 23.5. The summed E-state index contributed by atoms with van der Waals surface area (Å²) in [7, 11) is 0. The number of hydrogen-bond acceptors (Lipinski definition) is 2. The summed E-state index contributed by atoms with van der Waals surface area (Å²) in [6, 6.07) is 45.6. The Hall–Kier alpha value is -5.28. The SMILES string of the molecule is CC1(C)c2cc3c4ccccc4n(-c4nc(-c5ccccc5)c5ccccc5n4)c3cc2-c2c1ccc1ccccc21. The normalized spacial score (nSPS) is 13.7. The first-order valence-corrected chi connectivity index (χ1v) is 14.5. The molecule has 198 valence electrons. The van der Waals surface area contributed by atoms with E-state index in [1.54, 1.807) is 0 Å². The average Bonchev–Trinajstić information content (AvgIpc) is 3.48. The summed E-state index contributed by atoms with van der Waals surface area (Å²) in [5.74, 6) is 0.689. The average molecular weight is 538 g/mol. The molecular weight excluding hydrogens is 510 g/mol. The minimum absolute atomic E-state index is 0.105. The number of benzene rings is 6. The Balaban J connectivity index is 1.41. The van der Waals surface area contributed by atoms with E-state index in [-0.39, 0.29) is 5.41 Å². The van der Waals surface area contributed by atoms with Gasteiger partial charge in [0.05, 0.1) is 22.2 Å². The zero-order chi connectivity index (χ0) is 28.0. The summed E-state index contributed by atoms with van der Waals surface area (Å²) >= 11 is 0. The number of para-hydroxylation sites is 2. The van der Waals surface area contributed by atoms with Gasteiger partial charge in [0.2, 0.25) is 5.95 Å². The molecule has 1 aliphatic rings. The largest absolute Gasteiger partial charge is 0.278 e. The lowest BCUT2D eigenvalue weighted by atomic mass is 9.81. The van der Waals surface area contributed by atoms with Crippen LogP contribution in [-0.2, 0) is 5.41 Å². The smallest absolute Gasteiger partial charge is 0.235 e. The summed E-state index contributed by atoms with van der Waals surface area (Å²) in [5.41, 5.74) is 10.5. The molecule has 0 saturated carbocycles. The van der Waals surface area contributed by atoms with E-state index in [1.807, 2.05) is 6.07 Å². The van der Waals surface area contributed by atoms with Crippen molar-refractivity contribution in [3.63, 3.8) is 0 Å². The maximum atomic E-state index is 5.28. The lowest BCUT2D eigenvalue weighted by molar-refractivity contribution is 0.661. The van der Waals surface area contributed by atoms with E-state index in [9.17, 15) is 0 Å². The van der Waals surface area contributed by atoms with Crippen molar-refractivity contribution in [2.45, 2.75) is 19.3 Å². The minimum Gasteiger partial charge on any atom is -0.278 e. The van der Waals surface area contributed by atoms with Gasteiger partial charge in [-0.2, -0.15) is 0 Å². The van der Waals surface area contributed by atoms with E-state index in [4.69, 9.17) is 9.97 Å². The van der Waals surface area contributed by atoms with Crippen molar-refractivity contribution >= 4 is 43.5 Å². The van der Waals surface area contributed by atoms with Crippen LogP contribution >= 0.6 is 0 Å². The van der Waals surface area contributed by atoms with Crippen molar-refractivity contribution in [3.05, 3.63) is 139 Å². The first kappa shape index (κ1) is 23.4.